The normalized spacial score (nSPS) is 15.0. The molecule has 0 aromatic carbocycles. The zero-order chi connectivity index (χ0) is 10.5. The van der Waals surface area contributed by atoms with Gasteiger partial charge in [0, 0.05) is 12.5 Å². The van der Waals surface area contributed by atoms with Crippen molar-refractivity contribution in [2.75, 3.05) is 13.2 Å². The average molecular weight is 188 g/mol. The van der Waals surface area contributed by atoms with E-state index in [9.17, 15) is 5.11 Å². The van der Waals surface area contributed by atoms with Crippen molar-refractivity contribution in [3.63, 3.8) is 0 Å². The number of ether oxygens (including phenoxy) is 1. The van der Waals surface area contributed by atoms with E-state index in [1.54, 1.807) is 0 Å². The van der Waals surface area contributed by atoms with Crippen molar-refractivity contribution in [2.45, 2.75) is 46.6 Å². The summed E-state index contributed by atoms with van der Waals surface area (Å²) >= 11 is 0. The Morgan fingerprint density at radius 3 is 2.15 bits per heavy atom. The largest absolute Gasteiger partial charge is 0.390 e. The molecule has 0 amide bonds. The molecule has 0 aliphatic heterocycles. The second-order valence-electron chi connectivity index (χ2n) is 4.58. The molecule has 1 unspecified atom stereocenters. The Morgan fingerprint density at radius 1 is 1.31 bits per heavy atom. The molecule has 2 heteroatoms. The predicted octanol–water partition coefficient (Wildman–Crippen LogP) is 2.46. The Hall–Kier alpha value is -0.0800. The van der Waals surface area contributed by atoms with E-state index in [-0.39, 0.29) is 5.92 Å². The number of aliphatic hydroxyl groups is 1. The molecular weight excluding hydrogens is 164 g/mol. The van der Waals surface area contributed by atoms with Gasteiger partial charge >= 0.3 is 0 Å². The Labute approximate surface area is 82.3 Å². The van der Waals surface area contributed by atoms with Crippen molar-refractivity contribution >= 4 is 0 Å². The Kier molecular flexibility index (Phi) is 5.57. The lowest BCUT2D eigenvalue weighted by atomic mass is 9.83. The molecular formula is C11H24O2. The van der Waals surface area contributed by atoms with Crippen molar-refractivity contribution in [1.29, 1.82) is 0 Å². The first-order valence-corrected chi connectivity index (χ1v) is 5.19. The number of hydrogen-bond acceptors (Lipinski definition) is 2. The summed E-state index contributed by atoms with van der Waals surface area (Å²) < 4.78 is 5.47. The average Bonchev–Trinajstić information content (AvgIpc) is 1.94. The molecule has 0 aliphatic carbocycles. The van der Waals surface area contributed by atoms with Gasteiger partial charge in [-0.3, -0.25) is 0 Å². The lowest BCUT2D eigenvalue weighted by Gasteiger charge is -2.32. The fourth-order valence-corrected chi connectivity index (χ4v) is 1.57. The summed E-state index contributed by atoms with van der Waals surface area (Å²) in [5.74, 6) is 0.677. The van der Waals surface area contributed by atoms with E-state index in [1.165, 1.54) is 0 Å². The Morgan fingerprint density at radius 2 is 1.85 bits per heavy atom. The molecule has 1 atom stereocenters. The fourth-order valence-electron chi connectivity index (χ4n) is 1.57. The molecule has 0 aromatic heterocycles. The quantitative estimate of drug-likeness (QED) is 0.649. The van der Waals surface area contributed by atoms with E-state index >= 15 is 0 Å². The zero-order valence-electron chi connectivity index (χ0n) is 9.63. The van der Waals surface area contributed by atoms with Crippen LogP contribution in [0.4, 0.5) is 0 Å². The van der Waals surface area contributed by atoms with Crippen molar-refractivity contribution in [3.05, 3.63) is 0 Å². The molecule has 0 saturated carbocycles. The van der Waals surface area contributed by atoms with Crippen LogP contribution < -0.4 is 0 Å². The molecule has 0 radical (unpaired) electrons. The molecule has 2 nitrogen and oxygen atoms in total. The standard InChI is InChI=1S/C11H24O2/c1-6-7-13-8-10(9(2)3)11(4,5)12/h9-10,12H,6-8H2,1-5H3. The summed E-state index contributed by atoms with van der Waals surface area (Å²) in [5.41, 5.74) is -0.637. The van der Waals surface area contributed by atoms with Crippen molar-refractivity contribution in [2.24, 2.45) is 11.8 Å². The molecule has 0 aromatic rings. The fraction of sp³-hybridized carbons (Fsp3) is 1.00. The first kappa shape index (κ1) is 12.9. The summed E-state index contributed by atoms with van der Waals surface area (Å²) in [7, 11) is 0. The van der Waals surface area contributed by atoms with Crippen LogP contribution in [0.1, 0.15) is 41.0 Å². The van der Waals surface area contributed by atoms with Gasteiger partial charge in [0.2, 0.25) is 0 Å². The molecule has 0 spiro atoms. The van der Waals surface area contributed by atoms with Crippen molar-refractivity contribution < 1.29 is 9.84 Å². The van der Waals surface area contributed by atoms with Gasteiger partial charge in [0.05, 0.1) is 12.2 Å². The highest BCUT2D eigenvalue weighted by Crippen LogP contribution is 2.24. The van der Waals surface area contributed by atoms with E-state index in [1.807, 2.05) is 13.8 Å². The van der Waals surface area contributed by atoms with E-state index in [0.717, 1.165) is 13.0 Å². The van der Waals surface area contributed by atoms with Crippen LogP contribution in [0.5, 0.6) is 0 Å². The van der Waals surface area contributed by atoms with Crippen LogP contribution >= 0.6 is 0 Å². The van der Waals surface area contributed by atoms with E-state index < -0.39 is 5.60 Å². The van der Waals surface area contributed by atoms with Crippen LogP contribution in [-0.2, 0) is 4.74 Å². The monoisotopic (exact) mass is 188 g/mol. The number of hydrogen-bond donors (Lipinski definition) is 1. The van der Waals surface area contributed by atoms with Crippen LogP contribution in [0.15, 0.2) is 0 Å². The van der Waals surface area contributed by atoms with Gasteiger partial charge in [-0.25, -0.2) is 0 Å². The molecule has 0 heterocycles. The molecule has 0 fully saturated rings. The summed E-state index contributed by atoms with van der Waals surface area (Å²) in [4.78, 5) is 0. The third-order valence-corrected chi connectivity index (χ3v) is 2.36. The third-order valence-electron chi connectivity index (χ3n) is 2.36. The van der Waals surface area contributed by atoms with Gasteiger partial charge in [-0.15, -0.1) is 0 Å². The second kappa shape index (κ2) is 5.61. The van der Waals surface area contributed by atoms with Crippen LogP contribution in [-0.4, -0.2) is 23.9 Å². The van der Waals surface area contributed by atoms with Crippen LogP contribution in [0.25, 0.3) is 0 Å². The topological polar surface area (TPSA) is 29.5 Å². The number of rotatable bonds is 6. The second-order valence-corrected chi connectivity index (χ2v) is 4.58. The minimum absolute atomic E-state index is 0.221. The molecule has 1 N–H and O–H groups in total. The molecule has 0 aliphatic rings. The molecule has 0 rings (SSSR count). The highest BCUT2D eigenvalue weighted by atomic mass is 16.5. The molecule has 80 valence electrons. The highest BCUT2D eigenvalue weighted by molar-refractivity contribution is 4.79. The first-order valence-electron chi connectivity index (χ1n) is 5.19. The minimum Gasteiger partial charge on any atom is -0.390 e. The minimum atomic E-state index is -0.637. The van der Waals surface area contributed by atoms with Gasteiger partial charge in [0.15, 0.2) is 0 Å². The molecule has 0 bridgehead atoms. The van der Waals surface area contributed by atoms with Gasteiger partial charge in [-0.05, 0) is 26.2 Å². The van der Waals surface area contributed by atoms with Crippen LogP contribution in [0.2, 0.25) is 0 Å². The summed E-state index contributed by atoms with van der Waals surface area (Å²) in [5, 5.41) is 9.87. The van der Waals surface area contributed by atoms with Gasteiger partial charge in [0.25, 0.3) is 0 Å². The van der Waals surface area contributed by atoms with Crippen LogP contribution in [0.3, 0.4) is 0 Å². The van der Waals surface area contributed by atoms with Crippen molar-refractivity contribution in [1.82, 2.24) is 0 Å². The van der Waals surface area contributed by atoms with Gasteiger partial charge in [-0.1, -0.05) is 20.8 Å². The SMILES string of the molecule is CCCOCC(C(C)C)C(C)(C)O. The summed E-state index contributed by atoms with van der Waals surface area (Å²) in [6, 6.07) is 0. The summed E-state index contributed by atoms with van der Waals surface area (Å²) in [6.07, 6.45) is 1.04. The van der Waals surface area contributed by atoms with E-state index in [2.05, 4.69) is 20.8 Å². The first-order chi connectivity index (χ1) is 5.89. The Bertz CT molecular complexity index is 125. The van der Waals surface area contributed by atoms with E-state index in [0.29, 0.717) is 12.5 Å². The maximum atomic E-state index is 9.87. The lowest BCUT2D eigenvalue weighted by Crippen LogP contribution is -2.37. The highest BCUT2D eigenvalue weighted by Gasteiger charge is 2.29. The van der Waals surface area contributed by atoms with Gasteiger partial charge in [-0.2, -0.15) is 0 Å². The van der Waals surface area contributed by atoms with Crippen molar-refractivity contribution in [3.8, 4) is 0 Å². The zero-order valence-corrected chi connectivity index (χ0v) is 9.63. The third kappa shape index (κ3) is 5.27. The van der Waals surface area contributed by atoms with Gasteiger partial charge < -0.3 is 9.84 Å². The molecule has 0 saturated heterocycles. The lowest BCUT2D eigenvalue weighted by molar-refractivity contribution is -0.0480. The smallest absolute Gasteiger partial charge is 0.0644 e. The van der Waals surface area contributed by atoms with Crippen LogP contribution in [0, 0.1) is 11.8 Å². The molecule has 13 heavy (non-hydrogen) atoms. The summed E-state index contributed by atoms with van der Waals surface area (Å²) in [6.45, 7) is 11.5. The maximum absolute atomic E-state index is 9.87. The predicted molar refractivity (Wildman–Crippen MR) is 55.7 cm³/mol. The Balaban J connectivity index is 3.97. The van der Waals surface area contributed by atoms with Gasteiger partial charge in [0.1, 0.15) is 0 Å². The maximum Gasteiger partial charge on any atom is 0.0644 e. The van der Waals surface area contributed by atoms with E-state index in [4.69, 9.17) is 4.74 Å².